The van der Waals surface area contributed by atoms with Gasteiger partial charge in [0, 0.05) is 4.88 Å². The minimum absolute atomic E-state index is 0.00859. The van der Waals surface area contributed by atoms with Crippen molar-refractivity contribution in [3.05, 3.63) is 59.4 Å². The van der Waals surface area contributed by atoms with Crippen LogP contribution in [-0.4, -0.2) is 33.7 Å². The summed E-state index contributed by atoms with van der Waals surface area (Å²) in [5.74, 6) is -0.742. The Morgan fingerprint density at radius 2 is 2.13 bits per heavy atom. The van der Waals surface area contributed by atoms with Crippen LogP contribution in [0.4, 0.5) is 10.7 Å². The third-order valence-electron chi connectivity index (χ3n) is 5.27. The van der Waals surface area contributed by atoms with Gasteiger partial charge in [-0.3, -0.25) is 19.6 Å². The number of amides is 1. The Balaban J connectivity index is 1.53. The summed E-state index contributed by atoms with van der Waals surface area (Å²) in [6.45, 7) is 3.58. The molecule has 0 unspecified atom stereocenters. The van der Waals surface area contributed by atoms with Crippen LogP contribution < -0.4 is 5.32 Å². The zero-order chi connectivity index (χ0) is 22.3. The molecule has 162 valence electrons. The van der Waals surface area contributed by atoms with Crippen molar-refractivity contribution in [1.29, 1.82) is 0 Å². The monoisotopic (exact) mass is 460 g/mol. The van der Waals surface area contributed by atoms with Gasteiger partial charge in [0.15, 0.2) is 0 Å². The van der Waals surface area contributed by atoms with Gasteiger partial charge in [-0.15, -0.1) is 22.7 Å². The molecule has 0 aliphatic heterocycles. The molecule has 31 heavy (non-hydrogen) atoms. The Labute approximate surface area is 185 Å². The van der Waals surface area contributed by atoms with Gasteiger partial charge in [-0.1, -0.05) is 0 Å². The van der Waals surface area contributed by atoms with E-state index in [2.05, 4.69) is 10.4 Å². The van der Waals surface area contributed by atoms with E-state index in [9.17, 15) is 19.7 Å². The maximum Gasteiger partial charge on any atom is 0.341 e. The average molecular weight is 461 g/mol. The van der Waals surface area contributed by atoms with Gasteiger partial charge in [0.1, 0.15) is 16.4 Å². The molecule has 4 rings (SSSR count). The first-order chi connectivity index (χ1) is 14.8. The van der Waals surface area contributed by atoms with Crippen LogP contribution in [0, 0.1) is 24.0 Å². The van der Waals surface area contributed by atoms with E-state index in [0.29, 0.717) is 33.4 Å². The summed E-state index contributed by atoms with van der Waals surface area (Å²) < 4.78 is 6.49. The molecule has 0 atom stereocenters. The van der Waals surface area contributed by atoms with E-state index in [1.54, 1.807) is 24.6 Å². The quantitative estimate of drug-likeness (QED) is 0.336. The molecule has 0 radical (unpaired) electrons. The Morgan fingerprint density at radius 3 is 2.81 bits per heavy atom. The molecule has 0 spiro atoms. The lowest BCUT2D eigenvalue weighted by atomic mass is 10.1. The zero-order valence-electron chi connectivity index (χ0n) is 17.2. The van der Waals surface area contributed by atoms with Crippen molar-refractivity contribution >= 4 is 45.2 Å². The molecule has 1 amide bonds. The van der Waals surface area contributed by atoms with Crippen molar-refractivity contribution in [1.82, 2.24) is 9.78 Å². The third-order valence-corrected chi connectivity index (χ3v) is 7.46. The smallest absolute Gasteiger partial charge is 0.341 e. The lowest BCUT2D eigenvalue weighted by Crippen LogP contribution is -2.13. The zero-order valence-corrected chi connectivity index (χ0v) is 18.8. The molecule has 0 saturated carbocycles. The number of nitrogens with one attached hydrogen (secondary N) is 1. The largest absolute Gasteiger partial charge is 0.465 e. The van der Waals surface area contributed by atoms with E-state index >= 15 is 0 Å². The predicted molar refractivity (Wildman–Crippen MR) is 117 cm³/mol. The molecule has 11 heteroatoms. The van der Waals surface area contributed by atoms with Gasteiger partial charge >= 0.3 is 11.7 Å². The highest BCUT2D eigenvalue weighted by Gasteiger charge is 2.28. The first kappa shape index (κ1) is 21.2. The molecule has 9 nitrogen and oxygen atoms in total. The number of hydrogen-bond acceptors (Lipinski definition) is 8. The van der Waals surface area contributed by atoms with Crippen molar-refractivity contribution in [3.63, 3.8) is 0 Å². The number of nitrogens with zero attached hydrogens (tertiary/aromatic N) is 3. The van der Waals surface area contributed by atoms with Crippen molar-refractivity contribution < 1.29 is 19.2 Å². The highest BCUT2D eigenvalue weighted by molar-refractivity contribution is 7.17. The topological polar surface area (TPSA) is 116 Å². The predicted octanol–water partition coefficient (Wildman–Crippen LogP) is 4.11. The molecule has 3 aromatic rings. The summed E-state index contributed by atoms with van der Waals surface area (Å²) >= 11 is 2.70. The number of esters is 1. The number of aryl methyl sites for hydroxylation is 2. The second-order valence-electron chi connectivity index (χ2n) is 7.26. The van der Waals surface area contributed by atoms with Gasteiger partial charge in [-0.2, -0.15) is 5.10 Å². The van der Waals surface area contributed by atoms with Crippen LogP contribution in [0.25, 0.3) is 0 Å². The van der Waals surface area contributed by atoms with Crippen LogP contribution in [0.15, 0.2) is 11.4 Å². The molecule has 1 aliphatic carbocycles. The molecule has 1 aliphatic rings. The highest BCUT2D eigenvalue weighted by atomic mass is 32.1. The summed E-state index contributed by atoms with van der Waals surface area (Å²) in [6, 6.07) is 1.74. The second kappa shape index (κ2) is 8.23. The Bertz CT molecular complexity index is 1210. The van der Waals surface area contributed by atoms with E-state index in [4.69, 9.17) is 4.74 Å². The van der Waals surface area contributed by atoms with Crippen LogP contribution in [0.3, 0.4) is 0 Å². The minimum Gasteiger partial charge on any atom is -0.465 e. The molecule has 0 fully saturated rings. The summed E-state index contributed by atoms with van der Waals surface area (Å²) in [5.41, 5.74) is 3.09. The number of aromatic nitrogens is 2. The van der Waals surface area contributed by atoms with Crippen molar-refractivity contribution in [3.8, 4) is 0 Å². The minimum atomic E-state index is -0.437. The van der Waals surface area contributed by atoms with Crippen LogP contribution in [-0.2, 0) is 24.1 Å². The van der Waals surface area contributed by atoms with Crippen LogP contribution in [0.2, 0.25) is 0 Å². The summed E-state index contributed by atoms with van der Waals surface area (Å²) in [7, 11) is 1.34. The van der Waals surface area contributed by atoms with Gasteiger partial charge < -0.3 is 10.1 Å². The van der Waals surface area contributed by atoms with Gasteiger partial charge in [0.05, 0.1) is 29.0 Å². The van der Waals surface area contributed by atoms with Crippen molar-refractivity contribution in [2.75, 3.05) is 12.4 Å². The van der Waals surface area contributed by atoms with E-state index in [0.717, 1.165) is 35.3 Å². The third kappa shape index (κ3) is 3.86. The number of ether oxygens (including phenoxy) is 1. The first-order valence-corrected chi connectivity index (χ1v) is 11.3. The standard InChI is InChI=1S/C20H20N4O5S2/c1-10-17(24(27)28)11(2)23(22-10)8-12-7-15(30-9-12)18(25)21-19-16(20(26)29-3)13-5-4-6-14(13)31-19/h7,9H,4-6,8H2,1-3H3,(H,21,25). The SMILES string of the molecule is COC(=O)c1c(NC(=O)c2cc(Cn3nc(C)c([N+](=O)[O-])c3C)cs2)sc2c1CCC2. The highest BCUT2D eigenvalue weighted by Crippen LogP contribution is 2.39. The molecule has 0 bridgehead atoms. The fraction of sp³-hybridized carbons (Fsp3) is 0.350. The molecule has 1 N–H and O–H groups in total. The van der Waals surface area contributed by atoms with Crippen molar-refractivity contribution in [2.24, 2.45) is 0 Å². The molecule has 0 saturated heterocycles. The summed E-state index contributed by atoms with van der Waals surface area (Å²) in [4.78, 5) is 37.5. The van der Waals surface area contributed by atoms with E-state index in [1.807, 2.05) is 5.38 Å². The normalized spacial score (nSPS) is 12.6. The lowest BCUT2D eigenvalue weighted by molar-refractivity contribution is -0.386. The number of methoxy groups -OCH3 is 1. The van der Waals surface area contributed by atoms with E-state index in [-0.39, 0.29) is 11.6 Å². The lowest BCUT2D eigenvalue weighted by Gasteiger charge is -2.06. The number of carbonyl (C=O) groups excluding carboxylic acids is 2. The van der Waals surface area contributed by atoms with Crippen LogP contribution in [0.1, 0.15) is 53.8 Å². The summed E-state index contributed by atoms with van der Waals surface area (Å²) in [5, 5.41) is 20.7. The number of carbonyl (C=O) groups is 2. The fourth-order valence-corrected chi connectivity index (χ4v) is 5.90. The molecule has 3 heterocycles. The maximum atomic E-state index is 12.8. The average Bonchev–Trinajstić information content (AvgIpc) is 3.46. The van der Waals surface area contributed by atoms with Gasteiger partial charge in [-0.05, 0) is 55.7 Å². The van der Waals surface area contributed by atoms with Gasteiger partial charge in [-0.25, -0.2) is 4.79 Å². The fourth-order valence-electron chi connectivity index (χ4n) is 3.83. The number of anilines is 1. The van der Waals surface area contributed by atoms with Gasteiger partial charge in [0.2, 0.25) is 0 Å². The Morgan fingerprint density at radius 1 is 1.35 bits per heavy atom. The van der Waals surface area contributed by atoms with Gasteiger partial charge in [0.25, 0.3) is 5.91 Å². The maximum absolute atomic E-state index is 12.8. The van der Waals surface area contributed by atoms with E-state index < -0.39 is 10.9 Å². The first-order valence-electron chi connectivity index (χ1n) is 9.60. The molecule has 0 aromatic carbocycles. The number of thiophene rings is 2. The molecular formula is C20H20N4O5S2. The summed E-state index contributed by atoms with van der Waals surface area (Å²) in [6.07, 6.45) is 2.71. The van der Waals surface area contributed by atoms with Crippen LogP contribution >= 0.6 is 22.7 Å². The number of rotatable bonds is 6. The van der Waals surface area contributed by atoms with E-state index in [1.165, 1.54) is 29.8 Å². The number of fused-ring (bicyclic) bond motifs is 1. The van der Waals surface area contributed by atoms with Crippen molar-refractivity contribution in [2.45, 2.75) is 39.7 Å². The second-order valence-corrected chi connectivity index (χ2v) is 9.28. The Hall–Kier alpha value is -3.05. The molecule has 3 aromatic heterocycles. The Kier molecular flexibility index (Phi) is 5.63. The molecular weight excluding hydrogens is 440 g/mol. The number of nitro groups is 1. The number of hydrogen-bond donors (Lipinski definition) is 1. The van der Waals surface area contributed by atoms with Crippen LogP contribution in [0.5, 0.6) is 0 Å².